The number of nitrogens with zero attached hydrogens (tertiary/aromatic N) is 2. The van der Waals surface area contributed by atoms with E-state index in [2.05, 4.69) is 9.97 Å². The van der Waals surface area contributed by atoms with Gasteiger partial charge in [0.1, 0.15) is 17.2 Å². The highest BCUT2D eigenvalue weighted by Gasteiger charge is 2.10. The second-order valence-corrected chi connectivity index (χ2v) is 2.83. The Bertz CT molecular complexity index is 511. The summed E-state index contributed by atoms with van der Waals surface area (Å²) in [5.41, 5.74) is 17.0. The Morgan fingerprint density at radius 1 is 1.07 bits per heavy atom. The molecule has 0 aliphatic carbocycles. The number of anilines is 3. The zero-order valence-electron chi connectivity index (χ0n) is 7.16. The molecule has 1 aromatic heterocycles. The first-order valence-electron chi connectivity index (χ1n) is 3.86. The summed E-state index contributed by atoms with van der Waals surface area (Å²) in [7, 11) is 0. The fourth-order valence-corrected chi connectivity index (χ4v) is 1.27. The molecule has 6 N–H and O–H groups in total. The molecule has 0 spiro atoms. The van der Waals surface area contributed by atoms with Crippen molar-refractivity contribution in [1.82, 2.24) is 9.97 Å². The Hall–Kier alpha value is -2.11. The maximum absolute atomic E-state index is 13.3. The maximum Gasteiger partial charge on any atom is 0.222 e. The molecule has 1 heterocycles. The van der Waals surface area contributed by atoms with E-state index in [1.807, 2.05) is 0 Å². The van der Waals surface area contributed by atoms with Gasteiger partial charge in [-0.15, -0.1) is 0 Å². The number of hydrogen-bond acceptors (Lipinski definition) is 5. The molecule has 2 aromatic rings. The lowest BCUT2D eigenvalue weighted by Crippen LogP contribution is -2.03. The van der Waals surface area contributed by atoms with Gasteiger partial charge in [-0.25, -0.2) is 9.37 Å². The van der Waals surface area contributed by atoms with E-state index in [1.165, 1.54) is 12.1 Å². The van der Waals surface area contributed by atoms with Crippen molar-refractivity contribution >= 4 is 28.4 Å². The Balaban J connectivity index is 3.00. The predicted octanol–water partition coefficient (Wildman–Crippen LogP) is 0.516. The van der Waals surface area contributed by atoms with Crippen LogP contribution < -0.4 is 17.2 Å². The van der Waals surface area contributed by atoms with Gasteiger partial charge in [0.15, 0.2) is 0 Å². The Morgan fingerprint density at radius 2 is 1.79 bits per heavy atom. The standard InChI is InChI=1S/C8H8FN5/c9-3-1-2-4(10)6-5(3)7(11)14-8(12)13-6/h1-2H,10H2,(H4,11,12,13,14). The van der Waals surface area contributed by atoms with Crippen molar-refractivity contribution in [2.45, 2.75) is 0 Å². The third kappa shape index (κ3) is 1.08. The van der Waals surface area contributed by atoms with Crippen LogP contribution in [-0.4, -0.2) is 9.97 Å². The van der Waals surface area contributed by atoms with Crippen LogP contribution in [0.5, 0.6) is 0 Å². The molecule has 0 radical (unpaired) electrons. The lowest BCUT2D eigenvalue weighted by molar-refractivity contribution is 0.639. The van der Waals surface area contributed by atoms with Crippen molar-refractivity contribution in [2.24, 2.45) is 0 Å². The van der Waals surface area contributed by atoms with Crippen LogP contribution >= 0.6 is 0 Å². The number of nitrogens with two attached hydrogens (primary N) is 3. The second kappa shape index (κ2) is 2.69. The summed E-state index contributed by atoms with van der Waals surface area (Å²) < 4.78 is 13.3. The summed E-state index contributed by atoms with van der Waals surface area (Å²) in [6, 6.07) is 2.62. The average Bonchev–Trinajstić information content (AvgIpc) is 2.10. The molecule has 0 fully saturated rings. The van der Waals surface area contributed by atoms with Gasteiger partial charge in [-0.05, 0) is 12.1 Å². The van der Waals surface area contributed by atoms with Crippen LogP contribution in [0.1, 0.15) is 0 Å². The smallest absolute Gasteiger partial charge is 0.222 e. The van der Waals surface area contributed by atoms with Crippen LogP contribution in [0.4, 0.5) is 21.8 Å². The SMILES string of the molecule is Nc1nc(N)c2c(F)ccc(N)c2n1. The largest absolute Gasteiger partial charge is 0.397 e. The normalized spacial score (nSPS) is 10.6. The molecule has 0 unspecified atom stereocenters. The molecule has 6 heteroatoms. The predicted molar refractivity (Wildman–Crippen MR) is 52.7 cm³/mol. The monoisotopic (exact) mass is 193 g/mol. The van der Waals surface area contributed by atoms with Crippen molar-refractivity contribution in [3.05, 3.63) is 17.9 Å². The summed E-state index contributed by atoms with van der Waals surface area (Å²) in [4.78, 5) is 7.47. The molecule has 72 valence electrons. The molecule has 0 bridgehead atoms. The van der Waals surface area contributed by atoms with E-state index in [1.54, 1.807) is 0 Å². The van der Waals surface area contributed by atoms with Crippen molar-refractivity contribution in [1.29, 1.82) is 0 Å². The molecule has 5 nitrogen and oxygen atoms in total. The van der Waals surface area contributed by atoms with Crippen LogP contribution in [0.3, 0.4) is 0 Å². The van der Waals surface area contributed by atoms with Gasteiger partial charge in [-0.1, -0.05) is 0 Å². The second-order valence-electron chi connectivity index (χ2n) is 2.83. The molecular weight excluding hydrogens is 185 g/mol. The van der Waals surface area contributed by atoms with E-state index in [0.717, 1.165) is 0 Å². The zero-order chi connectivity index (χ0) is 10.3. The Morgan fingerprint density at radius 3 is 2.50 bits per heavy atom. The molecule has 0 saturated carbocycles. The van der Waals surface area contributed by atoms with Crippen LogP contribution in [0, 0.1) is 5.82 Å². The lowest BCUT2D eigenvalue weighted by Gasteiger charge is -2.05. The zero-order valence-corrected chi connectivity index (χ0v) is 7.16. The number of fused-ring (bicyclic) bond motifs is 1. The van der Waals surface area contributed by atoms with E-state index in [0.29, 0.717) is 5.69 Å². The van der Waals surface area contributed by atoms with E-state index in [4.69, 9.17) is 17.2 Å². The van der Waals surface area contributed by atoms with Crippen LogP contribution in [0.15, 0.2) is 12.1 Å². The molecule has 0 aliphatic rings. The van der Waals surface area contributed by atoms with Gasteiger partial charge in [-0.3, -0.25) is 0 Å². The van der Waals surface area contributed by atoms with Gasteiger partial charge in [0, 0.05) is 0 Å². The first-order chi connectivity index (χ1) is 6.59. The number of nitrogen functional groups attached to an aromatic ring is 3. The highest BCUT2D eigenvalue weighted by Crippen LogP contribution is 2.26. The minimum absolute atomic E-state index is 0.00250. The van der Waals surface area contributed by atoms with Crippen molar-refractivity contribution < 1.29 is 4.39 Å². The third-order valence-electron chi connectivity index (χ3n) is 1.88. The highest BCUT2D eigenvalue weighted by molar-refractivity contribution is 5.96. The topological polar surface area (TPSA) is 104 Å². The number of aromatic nitrogens is 2. The van der Waals surface area contributed by atoms with Gasteiger partial charge in [0.05, 0.1) is 11.1 Å². The molecular formula is C8H8FN5. The quantitative estimate of drug-likeness (QED) is 0.529. The molecule has 2 rings (SSSR count). The van der Waals surface area contributed by atoms with E-state index >= 15 is 0 Å². The third-order valence-corrected chi connectivity index (χ3v) is 1.88. The summed E-state index contributed by atoms with van der Waals surface area (Å²) in [6.45, 7) is 0. The van der Waals surface area contributed by atoms with Crippen LogP contribution in [0.2, 0.25) is 0 Å². The van der Waals surface area contributed by atoms with Crippen molar-refractivity contribution in [2.75, 3.05) is 17.2 Å². The summed E-state index contributed by atoms with van der Waals surface area (Å²) in [5.74, 6) is -0.531. The van der Waals surface area contributed by atoms with E-state index in [-0.39, 0.29) is 22.7 Å². The Kier molecular flexibility index (Phi) is 1.63. The number of hydrogen-bond donors (Lipinski definition) is 3. The minimum Gasteiger partial charge on any atom is -0.397 e. The van der Waals surface area contributed by atoms with Crippen LogP contribution in [-0.2, 0) is 0 Å². The maximum atomic E-state index is 13.3. The number of benzene rings is 1. The summed E-state index contributed by atoms with van der Waals surface area (Å²) in [6.07, 6.45) is 0. The minimum atomic E-state index is -0.508. The van der Waals surface area contributed by atoms with Gasteiger partial charge in [0.2, 0.25) is 5.95 Å². The van der Waals surface area contributed by atoms with Crippen LogP contribution in [0.25, 0.3) is 10.9 Å². The molecule has 1 aromatic carbocycles. The van der Waals surface area contributed by atoms with Crippen molar-refractivity contribution in [3.8, 4) is 0 Å². The van der Waals surface area contributed by atoms with Crippen molar-refractivity contribution in [3.63, 3.8) is 0 Å². The molecule has 0 aliphatic heterocycles. The molecule has 0 amide bonds. The number of rotatable bonds is 0. The summed E-state index contributed by atoms with van der Waals surface area (Å²) >= 11 is 0. The Labute approximate surface area is 78.7 Å². The molecule has 14 heavy (non-hydrogen) atoms. The van der Waals surface area contributed by atoms with Gasteiger partial charge >= 0.3 is 0 Å². The first-order valence-corrected chi connectivity index (χ1v) is 3.86. The average molecular weight is 193 g/mol. The highest BCUT2D eigenvalue weighted by atomic mass is 19.1. The fraction of sp³-hybridized carbons (Fsp3) is 0. The molecule has 0 atom stereocenters. The fourth-order valence-electron chi connectivity index (χ4n) is 1.27. The molecule has 0 saturated heterocycles. The van der Waals surface area contributed by atoms with E-state index in [9.17, 15) is 4.39 Å². The van der Waals surface area contributed by atoms with Gasteiger partial charge in [-0.2, -0.15) is 4.98 Å². The first kappa shape index (κ1) is 8.49. The lowest BCUT2D eigenvalue weighted by atomic mass is 10.2. The number of halogens is 1. The summed E-state index contributed by atoms with van der Waals surface area (Å²) in [5, 5.41) is 0.110. The van der Waals surface area contributed by atoms with Gasteiger partial charge in [0.25, 0.3) is 0 Å². The van der Waals surface area contributed by atoms with Gasteiger partial charge < -0.3 is 17.2 Å². The van der Waals surface area contributed by atoms with E-state index < -0.39 is 5.82 Å².